The third-order valence-corrected chi connectivity index (χ3v) is 7.33. The fourth-order valence-electron chi connectivity index (χ4n) is 3.71. The molecule has 0 saturated heterocycles. The summed E-state index contributed by atoms with van der Waals surface area (Å²) in [6.45, 7) is 11.7. The Bertz CT molecular complexity index is 994. The van der Waals surface area contributed by atoms with Gasteiger partial charge in [-0.1, -0.05) is 20.8 Å². The van der Waals surface area contributed by atoms with Gasteiger partial charge in [0, 0.05) is 23.1 Å². The first-order valence-electron chi connectivity index (χ1n) is 9.74. The van der Waals surface area contributed by atoms with Crippen LogP contribution in [0, 0.1) is 5.92 Å². The number of fused-ring (bicyclic) bond motifs is 5. The molecule has 0 aliphatic carbocycles. The Morgan fingerprint density at radius 3 is 2.81 bits per heavy atom. The lowest BCUT2D eigenvalue weighted by atomic mass is 9.88. The zero-order valence-electron chi connectivity index (χ0n) is 16.8. The fraction of sp³-hybridized carbons (Fsp3) is 0.571. The van der Waals surface area contributed by atoms with Crippen LogP contribution in [0.4, 0.5) is 0 Å². The summed E-state index contributed by atoms with van der Waals surface area (Å²) in [6, 6.07) is 0. The highest BCUT2D eigenvalue weighted by Gasteiger charge is 2.31. The molecule has 3 aromatic heterocycles. The Morgan fingerprint density at radius 1 is 1.26 bits per heavy atom. The molecule has 27 heavy (non-hydrogen) atoms. The zero-order valence-corrected chi connectivity index (χ0v) is 18.4. The molecule has 4 rings (SSSR count). The lowest BCUT2D eigenvalue weighted by molar-refractivity contribution is -0.0402. The highest BCUT2D eigenvalue weighted by atomic mass is 32.2. The molecule has 0 fully saturated rings. The summed E-state index contributed by atoms with van der Waals surface area (Å²) in [6.07, 6.45) is 4.74. The van der Waals surface area contributed by atoms with Crippen LogP contribution in [0.25, 0.3) is 20.4 Å². The minimum absolute atomic E-state index is 0.155. The average molecular weight is 402 g/mol. The van der Waals surface area contributed by atoms with Crippen molar-refractivity contribution >= 4 is 43.5 Å². The standard InChI is InChI=1S/C21H27N3OS2/c1-6-7-26-20-18-17(22-11-23-20)16-13-9-21(4,5)25-10-14(13)15(8-12(2)3)24-19(16)27-18/h11-12H,6-10H2,1-5H3. The van der Waals surface area contributed by atoms with E-state index in [0.29, 0.717) is 12.5 Å². The molecule has 4 heterocycles. The molecule has 144 valence electrons. The van der Waals surface area contributed by atoms with Gasteiger partial charge in [-0.3, -0.25) is 0 Å². The number of pyridine rings is 1. The number of hydrogen-bond acceptors (Lipinski definition) is 6. The van der Waals surface area contributed by atoms with Gasteiger partial charge in [0.1, 0.15) is 16.2 Å². The molecule has 0 unspecified atom stereocenters. The summed E-state index contributed by atoms with van der Waals surface area (Å²) in [5.74, 6) is 1.64. The molecule has 0 aromatic carbocycles. The maximum Gasteiger partial charge on any atom is 0.126 e. The zero-order chi connectivity index (χ0) is 19.2. The number of hydrogen-bond donors (Lipinski definition) is 0. The number of thiophene rings is 1. The van der Waals surface area contributed by atoms with Crippen molar-refractivity contribution in [3.8, 4) is 0 Å². The van der Waals surface area contributed by atoms with Gasteiger partial charge in [0.05, 0.1) is 22.4 Å². The molecule has 0 bridgehead atoms. The predicted molar refractivity (Wildman–Crippen MR) is 115 cm³/mol. The van der Waals surface area contributed by atoms with Gasteiger partial charge in [0.15, 0.2) is 0 Å². The van der Waals surface area contributed by atoms with Crippen LogP contribution in [0.2, 0.25) is 0 Å². The summed E-state index contributed by atoms with van der Waals surface area (Å²) in [4.78, 5) is 15.5. The lowest BCUT2D eigenvalue weighted by Gasteiger charge is -2.33. The molecule has 0 radical (unpaired) electrons. The van der Waals surface area contributed by atoms with E-state index >= 15 is 0 Å². The van der Waals surface area contributed by atoms with Gasteiger partial charge in [-0.2, -0.15) is 0 Å². The summed E-state index contributed by atoms with van der Waals surface area (Å²) in [5.41, 5.74) is 4.80. The largest absolute Gasteiger partial charge is 0.370 e. The molecule has 1 aliphatic rings. The Labute approximate surface area is 169 Å². The van der Waals surface area contributed by atoms with E-state index < -0.39 is 0 Å². The van der Waals surface area contributed by atoms with Crippen LogP contribution in [-0.2, 0) is 24.2 Å². The van der Waals surface area contributed by atoms with Crippen LogP contribution in [0.3, 0.4) is 0 Å². The number of ether oxygens (including phenoxy) is 1. The minimum Gasteiger partial charge on any atom is -0.370 e. The van der Waals surface area contributed by atoms with E-state index in [9.17, 15) is 0 Å². The van der Waals surface area contributed by atoms with Crippen LogP contribution in [0.1, 0.15) is 57.9 Å². The highest BCUT2D eigenvalue weighted by molar-refractivity contribution is 7.99. The molecule has 3 aromatic rings. The number of aromatic nitrogens is 3. The first-order valence-corrected chi connectivity index (χ1v) is 11.5. The maximum atomic E-state index is 6.15. The van der Waals surface area contributed by atoms with Crippen LogP contribution >= 0.6 is 23.1 Å². The molecule has 4 nitrogen and oxygen atoms in total. The minimum atomic E-state index is -0.155. The summed E-state index contributed by atoms with van der Waals surface area (Å²) in [7, 11) is 0. The smallest absolute Gasteiger partial charge is 0.126 e. The van der Waals surface area contributed by atoms with Crippen molar-refractivity contribution in [1.82, 2.24) is 15.0 Å². The van der Waals surface area contributed by atoms with Gasteiger partial charge >= 0.3 is 0 Å². The molecule has 1 aliphatic heterocycles. The summed E-state index contributed by atoms with van der Waals surface area (Å²) in [5, 5.41) is 2.32. The molecule has 0 spiro atoms. The summed E-state index contributed by atoms with van der Waals surface area (Å²) >= 11 is 3.58. The van der Waals surface area contributed by atoms with Gasteiger partial charge in [0.2, 0.25) is 0 Å². The molecule has 0 N–H and O–H groups in total. The SMILES string of the molecule is CCCSc1ncnc2c1sc1nc(CC(C)C)c3c(c12)CC(C)(C)OC3. The number of rotatable bonds is 5. The fourth-order valence-corrected chi connectivity index (χ4v) is 5.82. The van der Waals surface area contributed by atoms with Gasteiger partial charge in [-0.05, 0) is 43.9 Å². The van der Waals surface area contributed by atoms with Crippen LogP contribution in [0.5, 0.6) is 0 Å². The first kappa shape index (κ1) is 19.1. The highest BCUT2D eigenvalue weighted by Crippen LogP contribution is 2.42. The lowest BCUT2D eigenvalue weighted by Crippen LogP contribution is -2.33. The van der Waals surface area contributed by atoms with Gasteiger partial charge in [-0.15, -0.1) is 23.1 Å². The third kappa shape index (κ3) is 3.59. The van der Waals surface area contributed by atoms with Crippen LogP contribution < -0.4 is 0 Å². The second-order valence-electron chi connectivity index (χ2n) is 8.33. The average Bonchev–Trinajstić information content (AvgIpc) is 2.97. The van der Waals surface area contributed by atoms with Crippen molar-refractivity contribution in [2.75, 3.05) is 5.75 Å². The first-order chi connectivity index (χ1) is 12.9. The molecular weight excluding hydrogens is 374 g/mol. The van der Waals surface area contributed by atoms with Crippen molar-refractivity contribution in [1.29, 1.82) is 0 Å². The Morgan fingerprint density at radius 2 is 2.07 bits per heavy atom. The molecule has 6 heteroatoms. The van der Waals surface area contributed by atoms with Gasteiger partial charge in [0.25, 0.3) is 0 Å². The number of nitrogens with zero attached hydrogens (tertiary/aromatic N) is 3. The third-order valence-electron chi connectivity index (χ3n) is 4.93. The van der Waals surface area contributed by atoms with Crippen molar-refractivity contribution in [3.63, 3.8) is 0 Å². The second kappa shape index (κ2) is 7.30. The van der Waals surface area contributed by atoms with Crippen LogP contribution in [0.15, 0.2) is 11.4 Å². The van der Waals surface area contributed by atoms with Crippen molar-refractivity contribution < 1.29 is 4.74 Å². The van der Waals surface area contributed by atoms with Crippen molar-refractivity contribution in [2.24, 2.45) is 5.92 Å². The van der Waals surface area contributed by atoms with Crippen molar-refractivity contribution in [3.05, 3.63) is 23.1 Å². The summed E-state index contributed by atoms with van der Waals surface area (Å²) < 4.78 is 7.34. The van der Waals surface area contributed by atoms with Crippen molar-refractivity contribution in [2.45, 2.75) is 71.1 Å². The molecule has 0 amide bonds. The van der Waals surface area contributed by atoms with E-state index in [2.05, 4.69) is 44.6 Å². The molecule has 0 saturated carbocycles. The Hall–Kier alpha value is -1.24. The topological polar surface area (TPSA) is 47.9 Å². The Balaban J connectivity index is 1.99. The maximum absolute atomic E-state index is 6.15. The number of thioether (sulfide) groups is 1. The van der Waals surface area contributed by atoms with Gasteiger partial charge < -0.3 is 4.74 Å². The second-order valence-corrected chi connectivity index (χ2v) is 10.4. The monoisotopic (exact) mass is 401 g/mol. The van der Waals surface area contributed by atoms with E-state index in [1.54, 1.807) is 17.7 Å². The molecule has 0 atom stereocenters. The van der Waals surface area contributed by atoms with Gasteiger partial charge in [-0.25, -0.2) is 15.0 Å². The quantitative estimate of drug-likeness (QED) is 0.400. The Kier molecular flexibility index (Phi) is 5.16. The predicted octanol–water partition coefficient (Wildman–Crippen LogP) is 5.79. The molecular formula is C21H27N3OS2. The van der Waals surface area contributed by atoms with E-state index in [1.165, 1.54) is 26.9 Å². The van der Waals surface area contributed by atoms with E-state index in [4.69, 9.17) is 9.72 Å². The van der Waals surface area contributed by atoms with E-state index in [-0.39, 0.29) is 5.60 Å². The van der Waals surface area contributed by atoms with Crippen LogP contribution in [-0.4, -0.2) is 26.3 Å². The van der Waals surface area contributed by atoms with E-state index in [0.717, 1.165) is 40.4 Å². The normalized spacial score (nSPS) is 16.4. The van der Waals surface area contributed by atoms with E-state index in [1.807, 2.05) is 11.8 Å².